The molecule has 4 N–H and O–H groups in total. The molecule has 35 heavy (non-hydrogen) atoms. The van der Waals surface area contributed by atoms with Crippen molar-refractivity contribution in [3.63, 3.8) is 0 Å². The zero-order valence-electron chi connectivity index (χ0n) is 19.4. The molecule has 1 aliphatic carbocycles. The molecule has 5 rings (SSSR count). The monoisotopic (exact) mass is 490 g/mol. The standard InChI is InChI=1S/C26H26N4O4S/c1-26(2)14-13-21(19-5-3-4-6-20(19)26)27-24(31)16-7-9-17(10-8-16)30-35(33,34)18-11-12-22-23(15-18)29-25(32)28-22/h3-12,15,21,30H,13-14H2,1-2H3,(H,27,31)(H2,28,29,32). The average molecular weight is 491 g/mol. The second-order valence-corrected chi connectivity index (χ2v) is 11.2. The summed E-state index contributed by atoms with van der Waals surface area (Å²) in [7, 11) is -3.88. The highest BCUT2D eigenvalue weighted by Gasteiger charge is 2.33. The van der Waals surface area contributed by atoms with Crippen LogP contribution in [0, 0.1) is 0 Å². The number of benzene rings is 3. The molecule has 9 heteroatoms. The molecule has 3 aromatic carbocycles. The van der Waals surface area contributed by atoms with E-state index >= 15 is 0 Å². The largest absolute Gasteiger partial charge is 0.345 e. The maximum absolute atomic E-state index is 12.9. The van der Waals surface area contributed by atoms with Gasteiger partial charge in [-0.15, -0.1) is 0 Å². The molecule has 1 unspecified atom stereocenters. The number of nitrogens with one attached hydrogen (secondary N) is 4. The SMILES string of the molecule is CC1(C)CCC(NC(=O)c2ccc(NS(=O)(=O)c3ccc4[nH]c(=O)[nH]c4c3)cc2)c2ccccc21. The number of sulfonamides is 1. The van der Waals surface area contributed by atoms with Crippen molar-refractivity contribution in [1.29, 1.82) is 0 Å². The number of hydrogen-bond acceptors (Lipinski definition) is 4. The second-order valence-electron chi connectivity index (χ2n) is 9.51. The van der Waals surface area contributed by atoms with Crippen LogP contribution in [0.4, 0.5) is 5.69 Å². The molecule has 1 aromatic heterocycles. The summed E-state index contributed by atoms with van der Waals surface area (Å²) in [6.45, 7) is 4.44. The van der Waals surface area contributed by atoms with Crippen molar-refractivity contribution in [1.82, 2.24) is 15.3 Å². The van der Waals surface area contributed by atoms with Gasteiger partial charge in [0.15, 0.2) is 0 Å². The molecule has 4 aromatic rings. The van der Waals surface area contributed by atoms with E-state index in [1.165, 1.54) is 23.8 Å². The van der Waals surface area contributed by atoms with Crippen LogP contribution in [-0.2, 0) is 15.4 Å². The van der Waals surface area contributed by atoms with Crippen LogP contribution in [0.5, 0.6) is 0 Å². The van der Waals surface area contributed by atoms with E-state index in [-0.39, 0.29) is 22.3 Å². The van der Waals surface area contributed by atoms with Gasteiger partial charge in [-0.3, -0.25) is 9.52 Å². The van der Waals surface area contributed by atoms with Crippen molar-refractivity contribution in [2.24, 2.45) is 0 Å². The molecule has 0 bridgehead atoms. The highest BCUT2D eigenvalue weighted by molar-refractivity contribution is 7.92. The van der Waals surface area contributed by atoms with Crippen LogP contribution in [0.25, 0.3) is 11.0 Å². The van der Waals surface area contributed by atoms with Crippen LogP contribution < -0.4 is 15.7 Å². The molecule has 1 amide bonds. The molecule has 0 aliphatic heterocycles. The quantitative estimate of drug-likeness (QED) is 0.335. The fourth-order valence-electron chi connectivity index (χ4n) is 4.69. The number of imidazole rings is 1. The van der Waals surface area contributed by atoms with Gasteiger partial charge < -0.3 is 15.3 Å². The predicted molar refractivity (Wildman–Crippen MR) is 135 cm³/mol. The van der Waals surface area contributed by atoms with Crippen LogP contribution in [0.3, 0.4) is 0 Å². The Morgan fingerprint density at radius 2 is 1.69 bits per heavy atom. The smallest absolute Gasteiger partial charge is 0.323 e. The van der Waals surface area contributed by atoms with Crippen molar-refractivity contribution < 1.29 is 13.2 Å². The van der Waals surface area contributed by atoms with Gasteiger partial charge in [0.25, 0.3) is 15.9 Å². The van der Waals surface area contributed by atoms with Gasteiger partial charge in [-0.25, -0.2) is 13.2 Å². The van der Waals surface area contributed by atoms with E-state index < -0.39 is 15.7 Å². The van der Waals surface area contributed by atoms with Gasteiger partial charge in [0, 0.05) is 11.3 Å². The summed E-state index contributed by atoms with van der Waals surface area (Å²) in [4.78, 5) is 29.5. The van der Waals surface area contributed by atoms with Gasteiger partial charge in [-0.1, -0.05) is 38.1 Å². The minimum absolute atomic E-state index is 0.0148. The summed E-state index contributed by atoms with van der Waals surface area (Å²) in [5, 5.41) is 3.13. The number of aromatic amines is 2. The zero-order chi connectivity index (χ0) is 24.8. The number of fused-ring (bicyclic) bond motifs is 2. The molecule has 0 spiro atoms. The predicted octanol–water partition coefficient (Wildman–Crippen LogP) is 4.20. The van der Waals surface area contributed by atoms with E-state index in [4.69, 9.17) is 0 Å². The number of anilines is 1. The Morgan fingerprint density at radius 3 is 2.46 bits per heavy atom. The minimum Gasteiger partial charge on any atom is -0.345 e. The van der Waals surface area contributed by atoms with Gasteiger partial charge >= 0.3 is 5.69 Å². The Bertz CT molecular complexity index is 1580. The maximum Gasteiger partial charge on any atom is 0.323 e. The van der Waals surface area contributed by atoms with Crippen LogP contribution in [0.2, 0.25) is 0 Å². The Kier molecular flexibility index (Phi) is 5.52. The van der Waals surface area contributed by atoms with E-state index in [0.717, 1.165) is 18.4 Å². The molecule has 0 saturated carbocycles. The van der Waals surface area contributed by atoms with Gasteiger partial charge in [-0.05, 0) is 71.8 Å². The first kappa shape index (κ1) is 22.9. The highest BCUT2D eigenvalue weighted by Crippen LogP contribution is 2.41. The lowest BCUT2D eigenvalue weighted by Gasteiger charge is -2.37. The molecule has 1 heterocycles. The summed E-state index contributed by atoms with van der Waals surface area (Å²) in [5.74, 6) is -0.208. The first-order valence-electron chi connectivity index (χ1n) is 11.4. The van der Waals surface area contributed by atoms with E-state index in [2.05, 4.69) is 46.0 Å². The summed E-state index contributed by atoms with van der Waals surface area (Å²) in [6.07, 6.45) is 1.82. The van der Waals surface area contributed by atoms with Crippen molar-refractivity contribution in [2.45, 2.75) is 43.0 Å². The summed E-state index contributed by atoms with van der Waals surface area (Å²) in [5.41, 5.74) is 3.75. The molecule has 0 saturated heterocycles. The third-order valence-corrected chi connectivity index (χ3v) is 8.00. The number of rotatable bonds is 5. The number of H-pyrrole nitrogens is 2. The molecule has 8 nitrogen and oxygen atoms in total. The minimum atomic E-state index is -3.88. The van der Waals surface area contributed by atoms with Crippen LogP contribution in [-0.4, -0.2) is 24.3 Å². The Labute approximate surface area is 202 Å². The van der Waals surface area contributed by atoms with Gasteiger partial charge in [-0.2, -0.15) is 0 Å². The van der Waals surface area contributed by atoms with Crippen molar-refractivity contribution in [2.75, 3.05) is 4.72 Å². The van der Waals surface area contributed by atoms with E-state index in [1.807, 2.05) is 12.1 Å². The molecule has 1 atom stereocenters. The fourth-order valence-corrected chi connectivity index (χ4v) is 5.77. The third kappa shape index (κ3) is 4.46. The van der Waals surface area contributed by atoms with Crippen LogP contribution >= 0.6 is 0 Å². The van der Waals surface area contributed by atoms with Crippen LogP contribution in [0.1, 0.15) is 54.2 Å². The molecule has 0 radical (unpaired) electrons. The topological polar surface area (TPSA) is 124 Å². The highest BCUT2D eigenvalue weighted by atomic mass is 32.2. The van der Waals surface area contributed by atoms with E-state index in [0.29, 0.717) is 22.3 Å². The zero-order valence-corrected chi connectivity index (χ0v) is 20.2. The van der Waals surface area contributed by atoms with Crippen molar-refractivity contribution in [3.8, 4) is 0 Å². The van der Waals surface area contributed by atoms with E-state index in [9.17, 15) is 18.0 Å². The van der Waals surface area contributed by atoms with Gasteiger partial charge in [0.05, 0.1) is 22.0 Å². The Morgan fingerprint density at radius 1 is 0.971 bits per heavy atom. The summed E-state index contributed by atoms with van der Waals surface area (Å²) >= 11 is 0. The molecule has 1 aliphatic rings. The molecular weight excluding hydrogens is 464 g/mol. The van der Waals surface area contributed by atoms with Crippen molar-refractivity contribution >= 4 is 32.7 Å². The lowest BCUT2D eigenvalue weighted by Crippen LogP contribution is -2.35. The number of carbonyl (C=O) groups excluding carboxylic acids is 1. The second kappa shape index (κ2) is 8.42. The third-order valence-electron chi connectivity index (χ3n) is 6.63. The average Bonchev–Trinajstić information content (AvgIpc) is 3.20. The number of amides is 1. The maximum atomic E-state index is 12.9. The summed E-state index contributed by atoms with van der Waals surface area (Å²) < 4.78 is 28.1. The first-order valence-corrected chi connectivity index (χ1v) is 12.9. The summed E-state index contributed by atoms with van der Waals surface area (Å²) in [6, 6.07) is 18.8. The molecular formula is C26H26N4O4S. The van der Waals surface area contributed by atoms with Gasteiger partial charge in [0.2, 0.25) is 0 Å². The molecule has 0 fully saturated rings. The normalized spacial score (nSPS) is 17.0. The van der Waals surface area contributed by atoms with E-state index in [1.54, 1.807) is 24.3 Å². The number of carbonyl (C=O) groups is 1. The van der Waals surface area contributed by atoms with Crippen LogP contribution in [0.15, 0.2) is 76.4 Å². The molecule has 180 valence electrons. The van der Waals surface area contributed by atoms with Gasteiger partial charge in [0.1, 0.15) is 0 Å². The first-order chi connectivity index (χ1) is 16.6. The lowest BCUT2D eigenvalue weighted by atomic mass is 9.71. The lowest BCUT2D eigenvalue weighted by molar-refractivity contribution is 0.0929. The Hall–Kier alpha value is -3.85. The number of hydrogen-bond donors (Lipinski definition) is 4. The number of aromatic nitrogens is 2. The Balaban J connectivity index is 1.30. The van der Waals surface area contributed by atoms with Crippen molar-refractivity contribution in [3.05, 3.63) is 93.9 Å². The fraction of sp³-hybridized carbons (Fsp3) is 0.231.